The van der Waals surface area contributed by atoms with Crippen LogP contribution in [0.1, 0.15) is 89.2 Å². The average Bonchev–Trinajstić information content (AvgIpc) is 3.59. The molecule has 2 aliphatic rings. The van der Waals surface area contributed by atoms with Crippen molar-refractivity contribution in [3.05, 3.63) is 71.9 Å². The molecular formula is C43H60N8O6. The molecule has 3 aromatic rings. The second-order valence-corrected chi connectivity index (χ2v) is 16.1. The molecule has 1 aromatic heterocycles. The number of amides is 6. The number of aromatic nitrogens is 1. The van der Waals surface area contributed by atoms with Gasteiger partial charge < -0.3 is 42.6 Å². The van der Waals surface area contributed by atoms with E-state index in [-0.39, 0.29) is 56.5 Å². The highest BCUT2D eigenvalue weighted by atomic mass is 16.2. The highest BCUT2D eigenvalue weighted by Gasteiger charge is 2.33. The van der Waals surface area contributed by atoms with Gasteiger partial charge in [0.25, 0.3) is 0 Å². The van der Waals surface area contributed by atoms with E-state index >= 15 is 0 Å². The molecule has 1 aliphatic heterocycles. The van der Waals surface area contributed by atoms with E-state index in [1.807, 2.05) is 54.6 Å². The third kappa shape index (κ3) is 13.4. The fourth-order valence-electron chi connectivity index (χ4n) is 7.97. The van der Waals surface area contributed by atoms with Gasteiger partial charge in [0.1, 0.15) is 18.1 Å². The molecule has 0 radical (unpaired) electrons. The van der Waals surface area contributed by atoms with Crippen molar-refractivity contribution in [1.29, 1.82) is 0 Å². The Kier molecular flexibility index (Phi) is 16.1. The lowest BCUT2D eigenvalue weighted by Gasteiger charge is -2.30. The Labute approximate surface area is 335 Å². The van der Waals surface area contributed by atoms with Crippen molar-refractivity contribution in [3.63, 3.8) is 0 Å². The van der Waals surface area contributed by atoms with Crippen LogP contribution in [-0.4, -0.2) is 83.7 Å². The number of primary amides is 1. The van der Waals surface area contributed by atoms with Crippen molar-refractivity contribution in [2.24, 2.45) is 17.6 Å². The SMILES string of the molecule is CC(C)CC1CNC(CC2CCCCC2)C(=O)NC(CCC(N)=O)C(=O)NC(Cc2c[nH]c3ccccc23)C(=O)NC(Cc2ccccc2)C(=O)NCCC(=O)N1. The summed E-state index contributed by atoms with van der Waals surface area (Å²) in [4.78, 5) is 85.1. The molecule has 5 rings (SSSR count). The highest BCUT2D eigenvalue weighted by molar-refractivity contribution is 5.96. The van der Waals surface area contributed by atoms with Crippen molar-refractivity contribution in [2.45, 2.75) is 121 Å². The summed E-state index contributed by atoms with van der Waals surface area (Å²) in [5.74, 6) is -2.51. The maximum atomic E-state index is 14.3. The summed E-state index contributed by atoms with van der Waals surface area (Å²) >= 11 is 0. The van der Waals surface area contributed by atoms with E-state index in [0.717, 1.165) is 54.1 Å². The fourth-order valence-corrected chi connectivity index (χ4v) is 7.97. The van der Waals surface area contributed by atoms with E-state index in [1.54, 1.807) is 6.20 Å². The number of para-hydroxylation sites is 1. The van der Waals surface area contributed by atoms with Crippen molar-refractivity contribution in [2.75, 3.05) is 13.1 Å². The van der Waals surface area contributed by atoms with E-state index in [2.05, 4.69) is 50.7 Å². The summed E-state index contributed by atoms with van der Waals surface area (Å²) in [7, 11) is 0. The average molecular weight is 785 g/mol. The van der Waals surface area contributed by atoms with E-state index in [0.29, 0.717) is 25.3 Å². The Morgan fingerprint density at radius 3 is 2.12 bits per heavy atom. The Balaban J connectivity index is 1.49. The standard InChI is InChI=1S/C43H60N8O6/c1-27(2)21-31-26-47-35(22-28-11-5-3-6-12-28)42(56)49-34(17-18-38(44)52)41(55)51-37(24-30-25-46-33-16-10-9-15-32(30)33)43(57)50-36(23-29-13-7-4-8-14-29)40(54)45-20-19-39(53)48-31/h4,7-10,13-16,25,27-28,31,34-37,46-47H,3,5-6,11-12,17-24,26H2,1-2H3,(H2,44,52)(H,45,54)(H,48,53)(H,49,56)(H,50,57)(H,51,55). The van der Waals surface area contributed by atoms with Crippen LogP contribution in [0.4, 0.5) is 0 Å². The summed E-state index contributed by atoms with van der Waals surface area (Å²) in [6, 6.07) is 12.4. The quantitative estimate of drug-likeness (QED) is 0.145. The van der Waals surface area contributed by atoms with E-state index in [1.165, 1.54) is 0 Å². The molecule has 5 atom stereocenters. The molecule has 1 saturated carbocycles. The van der Waals surface area contributed by atoms with E-state index in [4.69, 9.17) is 5.73 Å². The van der Waals surface area contributed by atoms with Gasteiger partial charge >= 0.3 is 0 Å². The first-order chi connectivity index (χ1) is 27.4. The number of hydrogen-bond acceptors (Lipinski definition) is 7. The zero-order valence-corrected chi connectivity index (χ0v) is 33.2. The predicted octanol–water partition coefficient (Wildman–Crippen LogP) is 2.65. The number of fused-ring (bicyclic) bond motifs is 1. The van der Waals surface area contributed by atoms with Gasteiger partial charge in [-0.1, -0.05) is 94.5 Å². The largest absolute Gasteiger partial charge is 0.370 e. The van der Waals surface area contributed by atoms with E-state index < -0.39 is 53.7 Å². The molecule has 308 valence electrons. The van der Waals surface area contributed by atoms with Crippen LogP contribution in [0.5, 0.6) is 0 Å². The van der Waals surface area contributed by atoms with Gasteiger partial charge in [0.15, 0.2) is 0 Å². The van der Waals surface area contributed by atoms with Crippen LogP contribution in [0, 0.1) is 11.8 Å². The van der Waals surface area contributed by atoms with Gasteiger partial charge in [-0.3, -0.25) is 28.8 Å². The molecule has 6 amide bonds. The monoisotopic (exact) mass is 784 g/mol. The molecule has 5 unspecified atom stereocenters. The lowest BCUT2D eigenvalue weighted by molar-refractivity contribution is -0.134. The minimum absolute atomic E-state index is 0.0130. The molecule has 0 spiro atoms. The summed E-state index contributed by atoms with van der Waals surface area (Å²) < 4.78 is 0. The van der Waals surface area contributed by atoms with Gasteiger partial charge in [-0.2, -0.15) is 0 Å². The van der Waals surface area contributed by atoms with Crippen molar-refractivity contribution in [3.8, 4) is 0 Å². The van der Waals surface area contributed by atoms with Gasteiger partial charge in [0, 0.05) is 61.9 Å². The van der Waals surface area contributed by atoms with Crippen LogP contribution in [0.3, 0.4) is 0 Å². The summed E-state index contributed by atoms with van der Waals surface area (Å²) in [6.45, 7) is 4.46. The third-order valence-corrected chi connectivity index (χ3v) is 11.0. The Bertz CT molecular complexity index is 1820. The Morgan fingerprint density at radius 2 is 1.40 bits per heavy atom. The Hall–Kier alpha value is -5.24. The number of benzene rings is 2. The molecule has 2 fully saturated rings. The summed E-state index contributed by atoms with van der Waals surface area (Å²) in [6.07, 6.45) is 8.21. The second kappa shape index (κ2) is 21.3. The van der Waals surface area contributed by atoms with Crippen molar-refractivity contribution >= 4 is 46.3 Å². The maximum absolute atomic E-state index is 14.3. The number of carbonyl (C=O) groups is 6. The normalized spacial score (nSPS) is 24.0. The fraction of sp³-hybridized carbons (Fsp3) is 0.535. The van der Waals surface area contributed by atoms with E-state index in [9.17, 15) is 28.8 Å². The Morgan fingerprint density at radius 1 is 0.754 bits per heavy atom. The van der Waals surface area contributed by atoms with Crippen LogP contribution in [0.25, 0.3) is 10.9 Å². The molecule has 1 saturated heterocycles. The topological polar surface area (TPSA) is 216 Å². The number of carbonyl (C=O) groups excluding carboxylic acids is 6. The molecular weight excluding hydrogens is 725 g/mol. The van der Waals surface area contributed by atoms with Crippen LogP contribution in [0.2, 0.25) is 0 Å². The molecule has 2 heterocycles. The van der Waals surface area contributed by atoms with Gasteiger partial charge in [-0.15, -0.1) is 0 Å². The molecule has 9 N–H and O–H groups in total. The van der Waals surface area contributed by atoms with Crippen molar-refractivity contribution < 1.29 is 28.8 Å². The number of nitrogens with one attached hydrogen (secondary N) is 7. The van der Waals surface area contributed by atoms with Gasteiger partial charge in [0.05, 0.1) is 6.04 Å². The first-order valence-electron chi connectivity index (χ1n) is 20.5. The highest BCUT2D eigenvalue weighted by Crippen LogP contribution is 2.28. The van der Waals surface area contributed by atoms with Gasteiger partial charge in [-0.25, -0.2) is 0 Å². The number of aromatic amines is 1. The van der Waals surface area contributed by atoms with Crippen LogP contribution < -0.4 is 37.6 Å². The summed E-state index contributed by atoms with van der Waals surface area (Å²) in [5.41, 5.74) is 7.94. The zero-order chi connectivity index (χ0) is 40.7. The van der Waals surface area contributed by atoms with Crippen LogP contribution in [0.15, 0.2) is 60.8 Å². The molecule has 0 bridgehead atoms. The minimum Gasteiger partial charge on any atom is -0.370 e. The van der Waals surface area contributed by atoms with Crippen LogP contribution >= 0.6 is 0 Å². The number of nitrogens with two attached hydrogens (primary N) is 1. The zero-order valence-electron chi connectivity index (χ0n) is 33.2. The number of hydrogen-bond donors (Lipinski definition) is 8. The van der Waals surface area contributed by atoms with Crippen LogP contribution in [-0.2, 0) is 41.6 Å². The minimum atomic E-state index is -1.20. The lowest BCUT2D eigenvalue weighted by Crippen LogP contribution is -2.59. The maximum Gasteiger partial charge on any atom is 0.243 e. The first kappa shape index (κ1) is 42.9. The van der Waals surface area contributed by atoms with Gasteiger partial charge in [0.2, 0.25) is 35.4 Å². The predicted molar refractivity (Wildman–Crippen MR) is 218 cm³/mol. The second-order valence-electron chi connectivity index (χ2n) is 16.1. The lowest BCUT2D eigenvalue weighted by atomic mass is 9.84. The van der Waals surface area contributed by atoms with Crippen molar-refractivity contribution in [1.82, 2.24) is 36.9 Å². The molecule has 14 nitrogen and oxygen atoms in total. The molecule has 2 aromatic carbocycles. The molecule has 14 heteroatoms. The first-order valence-corrected chi connectivity index (χ1v) is 20.5. The van der Waals surface area contributed by atoms with Gasteiger partial charge in [-0.05, 0) is 48.3 Å². The molecule has 1 aliphatic carbocycles. The number of rotatable bonds is 11. The number of H-pyrrole nitrogens is 1. The third-order valence-electron chi connectivity index (χ3n) is 11.0. The summed E-state index contributed by atoms with van der Waals surface area (Å²) in [5, 5.41) is 18.9. The smallest absolute Gasteiger partial charge is 0.243 e. The molecule has 57 heavy (non-hydrogen) atoms.